The van der Waals surface area contributed by atoms with Gasteiger partial charge in [0, 0.05) is 30.2 Å². The number of carbonyl (C=O) groups is 1. The van der Waals surface area contributed by atoms with Gasteiger partial charge in [-0.3, -0.25) is 4.79 Å². The van der Waals surface area contributed by atoms with Crippen LogP contribution >= 0.6 is 11.6 Å². The second kappa shape index (κ2) is 7.99. The van der Waals surface area contributed by atoms with Gasteiger partial charge in [0.15, 0.2) is 0 Å². The Morgan fingerprint density at radius 1 is 1.16 bits per heavy atom. The zero-order chi connectivity index (χ0) is 18.6. The number of hydrogen-bond acceptors (Lipinski definition) is 3. The highest BCUT2D eigenvalue weighted by Crippen LogP contribution is 2.17. The molecule has 134 valence electrons. The van der Waals surface area contributed by atoms with Crippen molar-refractivity contribution >= 4 is 27.5 Å². The molecule has 5 nitrogen and oxygen atoms in total. The maximum absolute atomic E-state index is 12.4. The average molecular weight is 381 g/mol. The minimum absolute atomic E-state index is 0.148. The first-order valence-electron chi connectivity index (χ1n) is 7.82. The molecule has 0 saturated heterocycles. The number of sulfonamides is 1. The highest BCUT2D eigenvalue weighted by atomic mass is 35.5. The largest absolute Gasteiger partial charge is 0.348 e. The Labute approximate surface area is 153 Å². The van der Waals surface area contributed by atoms with E-state index in [4.69, 9.17) is 11.6 Å². The third-order valence-electron chi connectivity index (χ3n) is 3.86. The van der Waals surface area contributed by atoms with Gasteiger partial charge in [0.1, 0.15) is 0 Å². The molecule has 0 aliphatic rings. The van der Waals surface area contributed by atoms with Crippen molar-refractivity contribution in [1.82, 2.24) is 9.62 Å². The summed E-state index contributed by atoms with van der Waals surface area (Å²) in [6.45, 7) is 3.94. The molecule has 2 aromatic carbocycles. The molecule has 0 aliphatic carbocycles. The zero-order valence-electron chi connectivity index (χ0n) is 14.4. The molecule has 0 spiro atoms. The monoisotopic (exact) mass is 380 g/mol. The number of hydrogen-bond donors (Lipinski definition) is 1. The molecule has 1 amide bonds. The van der Waals surface area contributed by atoms with Crippen LogP contribution in [0.5, 0.6) is 0 Å². The van der Waals surface area contributed by atoms with Crippen LogP contribution < -0.4 is 5.32 Å². The molecule has 1 N–H and O–H groups in total. The Hall–Kier alpha value is -1.89. The zero-order valence-corrected chi connectivity index (χ0v) is 15.9. The van der Waals surface area contributed by atoms with E-state index in [9.17, 15) is 13.2 Å². The molecular weight excluding hydrogens is 360 g/mol. The van der Waals surface area contributed by atoms with Gasteiger partial charge < -0.3 is 5.32 Å². The summed E-state index contributed by atoms with van der Waals surface area (Å²) in [7, 11) is -2.02. The van der Waals surface area contributed by atoms with Gasteiger partial charge >= 0.3 is 0 Å². The van der Waals surface area contributed by atoms with Crippen LogP contribution in [0.3, 0.4) is 0 Å². The van der Waals surface area contributed by atoms with Crippen molar-refractivity contribution in [2.24, 2.45) is 0 Å². The summed E-state index contributed by atoms with van der Waals surface area (Å²) in [5.74, 6) is -0.277. The minimum Gasteiger partial charge on any atom is -0.348 e. The molecule has 0 aromatic heterocycles. The number of nitrogens with zero attached hydrogens (tertiary/aromatic N) is 1. The summed E-state index contributed by atoms with van der Waals surface area (Å²) in [6, 6.07) is 13.0. The van der Waals surface area contributed by atoms with Gasteiger partial charge in [0.25, 0.3) is 5.91 Å². The average Bonchev–Trinajstić information content (AvgIpc) is 2.59. The lowest BCUT2D eigenvalue weighted by Crippen LogP contribution is -2.33. The van der Waals surface area contributed by atoms with E-state index < -0.39 is 10.0 Å². The smallest absolute Gasteiger partial charge is 0.251 e. The van der Waals surface area contributed by atoms with Gasteiger partial charge in [-0.15, -0.1) is 0 Å². The Morgan fingerprint density at radius 3 is 2.36 bits per heavy atom. The predicted octanol–water partition coefficient (Wildman–Crippen LogP) is 3.30. The lowest BCUT2D eigenvalue weighted by molar-refractivity contribution is 0.0951. The summed E-state index contributed by atoms with van der Waals surface area (Å²) >= 11 is 5.91. The highest BCUT2D eigenvalue weighted by Gasteiger charge is 2.23. The van der Waals surface area contributed by atoms with E-state index in [1.807, 2.05) is 12.1 Å². The minimum atomic E-state index is -3.55. The SMILES string of the molecule is CC(C)N(C)S(=O)(=O)c1ccc(C(=O)NCc2cccc(Cl)c2)cc1. The van der Waals surface area contributed by atoms with Crippen molar-refractivity contribution in [3.8, 4) is 0 Å². The van der Waals surface area contributed by atoms with Crippen LogP contribution in [0.25, 0.3) is 0 Å². The number of carbonyl (C=O) groups excluding carboxylic acids is 1. The maximum atomic E-state index is 12.4. The molecular formula is C18H21ClN2O3S. The first-order chi connectivity index (χ1) is 11.7. The lowest BCUT2D eigenvalue weighted by Gasteiger charge is -2.21. The second-order valence-corrected chi connectivity index (χ2v) is 8.39. The van der Waals surface area contributed by atoms with Gasteiger partial charge in [-0.2, -0.15) is 4.31 Å². The maximum Gasteiger partial charge on any atom is 0.251 e. The van der Waals surface area contributed by atoms with Crippen molar-refractivity contribution in [1.29, 1.82) is 0 Å². The second-order valence-electron chi connectivity index (χ2n) is 5.95. The van der Waals surface area contributed by atoms with Gasteiger partial charge in [0.2, 0.25) is 10.0 Å². The molecule has 0 fully saturated rings. The first-order valence-corrected chi connectivity index (χ1v) is 9.64. The number of rotatable bonds is 6. The van der Waals surface area contributed by atoms with Gasteiger partial charge in [-0.1, -0.05) is 23.7 Å². The fraction of sp³-hybridized carbons (Fsp3) is 0.278. The quantitative estimate of drug-likeness (QED) is 0.836. The third-order valence-corrected chi connectivity index (χ3v) is 6.15. The van der Waals surface area contributed by atoms with Crippen molar-refractivity contribution < 1.29 is 13.2 Å². The fourth-order valence-corrected chi connectivity index (χ4v) is 3.73. The topological polar surface area (TPSA) is 66.5 Å². The molecule has 0 aliphatic heterocycles. The van der Waals surface area contributed by atoms with Crippen molar-refractivity contribution in [3.05, 3.63) is 64.7 Å². The van der Waals surface area contributed by atoms with E-state index in [2.05, 4.69) is 5.32 Å². The summed E-state index contributed by atoms with van der Waals surface area (Å²) in [6.07, 6.45) is 0. The predicted molar refractivity (Wildman–Crippen MR) is 99.1 cm³/mol. The van der Waals surface area contributed by atoms with E-state index in [1.165, 1.54) is 35.6 Å². The Morgan fingerprint density at radius 2 is 1.80 bits per heavy atom. The van der Waals surface area contributed by atoms with Crippen LogP contribution in [0.1, 0.15) is 29.8 Å². The number of nitrogens with one attached hydrogen (secondary N) is 1. The van der Waals surface area contributed by atoms with E-state index in [-0.39, 0.29) is 16.8 Å². The summed E-state index contributed by atoms with van der Waals surface area (Å²) < 4.78 is 26.1. The van der Waals surface area contributed by atoms with Crippen LogP contribution in [0.15, 0.2) is 53.4 Å². The first kappa shape index (κ1) is 19.4. The molecule has 2 aromatic rings. The van der Waals surface area contributed by atoms with E-state index in [0.717, 1.165) is 5.56 Å². The van der Waals surface area contributed by atoms with Crippen LogP contribution in [0.4, 0.5) is 0 Å². The molecule has 0 atom stereocenters. The number of halogens is 1. The molecule has 2 rings (SSSR count). The van der Waals surface area contributed by atoms with Crippen molar-refractivity contribution in [3.63, 3.8) is 0 Å². The van der Waals surface area contributed by atoms with Crippen LogP contribution in [0.2, 0.25) is 5.02 Å². The van der Waals surface area contributed by atoms with E-state index in [0.29, 0.717) is 17.1 Å². The van der Waals surface area contributed by atoms with Crippen LogP contribution in [0, 0.1) is 0 Å². The molecule has 0 unspecified atom stereocenters. The lowest BCUT2D eigenvalue weighted by atomic mass is 10.2. The Balaban J connectivity index is 2.08. The van der Waals surface area contributed by atoms with E-state index in [1.54, 1.807) is 26.0 Å². The summed E-state index contributed by atoms with van der Waals surface area (Å²) in [5.41, 5.74) is 1.28. The molecule has 0 heterocycles. The van der Waals surface area contributed by atoms with E-state index >= 15 is 0 Å². The molecule has 0 bridgehead atoms. The molecule has 0 radical (unpaired) electrons. The van der Waals surface area contributed by atoms with Gasteiger partial charge in [-0.05, 0) is 55.8 Å². The van der Waals surface area contributed by atoms with Gasteiger partial charge in [-0.25, -0.2) is 8.42 Å². The summed E-state index contributed by atoms with van der Waals surface area (Å²) in [5, 5.41) is 3.39. The molecule has 7 heteroatoms. The van der Waals surface area contributed by atoms with Crippen molar-refractivity contribution in [2.45, 2.75) is 31.3 Å². The van der Waals surface area contributed by atoms with Crippen LogP contribution in [-0.2, 0) is 16.6 Å². The fourth-order valence-electron chi connectivity index (χ4n) is 2.15. The number of amides is 1. The Kier molecular flexibility index (Phi) is 6.21. The standard InChI is InChI=1S/C18H21ClN2O3S/c1-13(2)21(3)25(23,24)17-9-7-15(8-10-17)18(22)20-12-14-5-4-6-16(19)11-14/h4-11,13H,12H2,1-3H3,(H,20,22). The highest BCUT2D eigenvalue weighted by molar-refractivity contribution is 7.89. The van der Waals surface area contributed by atoms with Crippen LogP contribution in [-0.4, -0.2) is 31.7 Å². The summed E-state index contributed by atoms with van der Waals surface area (Å²) in [4.78, 5) is 12.4. The molecule has 0 saturated carbocycles. The normalized spacial score (nSPS) is 11.8. The number of benzene rings is 2. The Bertz CT molecular complexity index is 849. The van der Waals surface area contributed by atoms with Gasteiger partial charge in [0.05, 0.1) is 4.90 Å². The van der Waals surface area contributed by atoms with Crippen molar-refractivity contribution in [2.75, 3.05) is 7.05 Å². The molecule has 25 heavy (non-hydrogen) atoms. The third kappa shape index (κ3) is 4.81.